The van der Waals surface area contributed by atoms with Crippen LogP contribution in [-0.4, -0.2) is 13.0 Å². The first-order valence-corrected chi connectivity index (χ1v) is 4.50. The summed E-state index contributed by atoms with van der Waals surface area (Å²) >= 11 is 0. The smallest absolute Gasteiger partial charge is 0.207 e. The summed E-state index contributed by atoms with van der Waals surface area (Å²) in [4.78, 5) is 9.29. The predicted molar refractivity (Wildman–Crippen MR) is 54.1 cm³/mol. The minimum Gasteiger partial charge on any atom is -0.359 e. The van der Waals surface area contributed by atoms with Crippen molar-refractivity contribution >= 4 is 6.41 Å². The Morgan fingerprint density at radius 3 is 2.17 bits per heavy atom. The van der Waals surface area contributed by atoms with E-state index in [1.54, 1.807) is 0 Å². The summed E-state index contributed by atoms with van der Waals surface area (Å²) in [6, 6.07) is 0. The van der Waals surface area contributed by atoms with Gasteiger partial charge in [0.25, 0.3) is 0 Å². The molecule has 0 aromatic rings. The predicted octanol–water partition coefficient (Wildman–Crippen LogP) is 2.50. The molecule has 1 N–H and O–H groups in total. The van der Waals surface area contributed by atoms with Crippen LogP contribution in [0.15, 0.2) is 12.2 Å². The van der Waals surface area contributed by atoms with Gasteiger partial charge in [0.15, 0.2) is 0 Å². The quantitative estimate of drug-likeness (QED) is 0.500. The van der Waals surface area contributed by atoms with Gasteiger partial charge in [-0.05, 0) is 26.7 Å². The van der Waals surface area contributed by atoms with Crippen molar-refractivity contribution < 1.29 is 4.79 Å². The third kappa shape index (κ3) is 22.9. The van der Waals surface area contributed by atoms with Gasteiger partial charge in [0.05, 0.1) is 0 Å². The van der Waals surface area contributed by atoms with E-state index in [0.29, 0.717) is 6.41 Å². The fraction of sp³-hybridized carbons (Fsp3) is 0.700. The number of nitrogens with one attached hydrogen (secondary N) is 1. The maximum Gasteiger partial charge on any atom is 0.207 e. The van der Waals surface area contributed by atoms with E-state index >= 15 is 0 Å². The summed E-state index contributed by atoms with van der Waals surface area (Å²) < 4.78 is 0. The van der Waals surface area contributed by atoms with Crippen molar-refractivity contribution in [3.8, 4) is 0 Å². The van der Waals surface area contributed by atoms with Crippen LogP contribution in [0.4, 0.5) is 0 Å². The molecule has 0 unspecified atom stereocenters. The van der Waals surface area contributed by atoms with Crippen molar-refractivity contribution in [2.75, 3.05) is 6.54 Å². The lowest BCUT2D eigenvalue weighted by atomic mass is 10.2. The van der Waals surface area contributed by atoms with Crippen LogP contribution >= 0.6 is 0 Å². The Bertz CT molecular complexity index is 110. The topological polar surface area (TPSA) is 29.1 Å². The normalized spacial score (nSPS) is 7.92. The average molecular weight is 171 g/mol. The Morgan fingerprint density at radius 2 is 2.08 bits per heavy atom. The van der Waals surface area contributed by atoms with E-state index in [1.165, 1.54) is 24.8 Å². The second kappa shape index (κ2) is 12.8. The van der Waals surface area contributed by atoms with E-state index in [0.717, 1.165) is 6.54 Å². The van der Waals surface area contributed by atoms with Crippen molar-refractivity contribution in [2.45, 2.75) is 40.0 Å². The molecule has 0 atom stereocenters. The maximum atomic E-state index is 9.29. The number of rotatable bonds is 5. The molecule has 0 bridgehead atoms. The Balaban J connectivity index is 0. The van der Waals surface area contributed by atoms with Gasteiger partial charge < -0.3 is 5.32 Å². The molecule has 0 radical (unpaired) electrons. The Hall–Kier alpha value is -0.790. The summed E-state index contributed by atoms with van der Waals surface area (Å²) in [5.74, 6) is 0. The van der Waals surface area contributed by atoms with Crippen molar-refractivity contribution in [1.29, 1.82) is 0 Å². The summed E-state index contributed by atoms with van der Waals surface area (Å²) in [6.07, 6.45) is 4.47. The molecule has 1 amide bonds. The number of allylic oxidation sites excluding steroid dienone is 1. The standard InChI is InChI=1S/C7H14.C3H7NO/c1-4-5-6-7(2)3;1-2-4-3-5/h2,4-6H2,1,3H3;3H,2H2,1H3,(H,4,5). The fourth-order valence-electron chi connectivity index (χ4n) is 0.562. The molecule has 0 aromatic heterocycles. The van der Waals surface area contributed by atoms with Gasteiger partial charge in [0.1, 0.15) is 0 Å². The number of carbonyl (C=O) groups is 1. The zero-order valence-electron chi connectivity index (χ0n) is 8.52. The molecule has 2 nitrogen and oxygen atoms in total. The molecule has 0 aliphatic carbocycles. The van der Waals surface area contributed by atoms with Crippen LogP contribution in [0, 0.1) is 0 Å². The molecule has 0 fully saturated rings. The molecule has 0 aromatic carbocycles. The first kappa shape index (κ1) is 13.8. The Labute approximate surface area is 76.1 Å². The van der Waals surface area contributed by atoms with E-state index in [1.807, 2.05) is 6.92 Å². The summed E-state index contributed by atoms with van der Waals surface area (Å²) in [7, 11) is 0. The molecular formula is C10H21NO. The van der Waals surface area contributed by atoms with Crippen LogP contribution in [0.2, 0.25) is 0 Å². The van der Waals surface area contributed by atoms with Crippen LogP contribution in [0.3, 0.4) is 0 Å². The van der Waals surface area contributed by atoms with E-state index < -0.39 is 0 Å². The number of carbonyl (C=O) groups excluding carboxylic acids is 1. The zero-order valence-corrected chi connectivity index (χ0v) is 8.52. The van der Waals surface area contributed by atoms with Crippen molar-refractivity contribution in [2.24, 2.45) is 0 Å². The van der Waals surface area contributed by atoms with Gasteiger partial charge in [-0.2, -0.15) is 0 Å². The van der Waals surface area contributed by atoms with Crippen LogP contribution in [0.5, 0.6) is 0 Å². The molecule has 0 spiro atoms. The zero-order chi connectivity index (χ0) is 9.82. The van der Waals surface area contributed by atoms with Crippen molar-refractivity contribution in [3.63, 3.8) is 0 Å². The van der Waals surface area contributed by atoms with Crippen LogP contribution in [-0.2, 0) is 4.79 Å². The minimum atomic E-state index is 0.681. The third-order valence-corrected chi connectivity index (χ3v) is 1.24. The van der Waals surface area contributed by atoms with Crippen LogP contribution in [0.1, 0.15) is 40.0 Å². The molecule has 0 aliphatic rings. The largest absolute Gasteiger partial charge is 0.359 e. The molecule has 0 saturated carbocycles. The molecule has 0 aliphatic heterocycles. The van der Waals surface area contributed by atoms with Gasteiger partial charge in [0.2, 0.25) is 6.41 Å². The highest BCUT2D eigenvalue weighted by atomic mass is 16.1. The molecule has 72 valence electrons. The Morgan fingerprint density at radius 1 is 1.50 bits per heavy atom. The lowest BCUT2D eigenvalue weighted by molar-refractivity contribution is -0.109. The van der Waals surface area contributed by atoms with Crippen LogP contribution < -0.4 is 5.32 Å². The van der Waals surface area contributed by atoms with Crippen molar-refractivity contribution in [1.82, 2.24) is 5.32 Å². The van der Waals surface area contributed by atoms with E-state index in [2.05, 4.69) is 25.7 Å². The Kier molecular flexibility index (Phi) is 14.8. The first-order valence-electron chi connectivity index (χ1n) is 4.50. The number of hydrogen-bond donors (Lipinski definition) is 1. The van der Waals surface area contributed by atoms with Gasteiger partial charge in [-0.25, -0.2) is 0 Å². The maximum absolute atomic E-state index is 9.29. The van der Waals surface area contributed by atoms with Crippen LogP contribution in [0.25, 0.3) is 0 Å². The average Bonchev–Trinajstić information content (AvgIpc) is 2.03. The summed E-state index contributed by atoms with van der Waals surface area (Å²) in [5.41, 5.74) is 1.31. The fourth-order valence-corrected chi connectivity index (χ4v) is 0.562. The highest BCUT2D eigenvalue weighted by Gasteiger charge is 1.81. The summed E-state index contributed by atoms with van der Waals surface area (Å²) in [5, 5.41) is 2.43. The number of hydrogen-bond acceptors (Lipinski definition) is 1. The number of amides is 1. The highest BCUT2D eigenvalue weighted by molar-refractivity contribution is 5.45. The molecule has 12 heavy (non-hydrogen) atoms. The second-order valence-corrected chi connectivity index (χ2v) is 2.74. The molecule has 0 saturated heterocycles. The van der Waals surface area contributed by atoms with Gasteiger partial charge in [0, 0.05) is 6.54 Å². The monoisotopic (exact) mass is 171 g/mol. The van der Waals surface area contributed by atoms with E-state index in [9.17, 15) is 4.79 Å². The SMILES string of the molecule is C=C(C)CCCC.CCNC=O. The number of unbranched alkanes of at least 4 members (excludes halogenated alkanes) is 1. The van der Waals surface area contributed by atoms with Gasteiger partial charge >= 0.3 is 0 Å². The van der Waals surface area contributed by atoms with Gasteiger partial charge in [-0.1, -0.05) is 18.9 Å². The van der Waals surface area contributed by atoms with Gasteiger partial charge in [-0.3, -0.25) is 4.79 Å². The lowest BCUT2D eigenvalue weighted by Crippen LogP contribution is -2.07. The lowest BCUT2D eigenvalue weighted by Gasteiger charge is -1.91. The molecule has 0 rings (SSSR count). The third-order valence-electron chi connectivity index (χ3n) is 1.24. The van der Waals surface area contributed by atoms with Gasteiger partial charge in [-0.15, -0.1) is 6.58 Å². The molecule has 0 heterocycles. The summed E-state index contributed by atoms with van der Waals surface area (Å²) in [6.45, 7) is 10.7. The molecular weight excluding hydrogens is 150 g/mol. The first-order chi connectivity index (χ1) is 5.68. The van der Waals surface area contributed by atoms with E-state index in [-0.39, 0.29) is 0 Å². The minimum absolute atomic E-state index is 0.681. The highest BCUT2D eigenvalue weighted by Crippen LogP contribution is 2.01. The molecule has 2 heteroatoms. The van der Waals surface area contributed by atoms with Crippen molar-refractivity contribution in [3.05, 3.63) is 12.2 Å². The second-order valence-electron chi connectivity index (χ2n) is 2.74. The van der Waals surface area contributed by atoms with E-state index in [4.69, 9.17) is 0 Å².